The van der Waals surface area contributed by atoms with Crippen LogP contribution in [-0.2, 0) is 6.54 Å². The Hall–Kier alpha value is -2.30. The van der Waals surface area contributed by atoms with Crippen molar-refractivity contribution in [3.05, 3.63) is 48.4 Å². The van der Waals surface area contributed by atoms with Crippen molar-refractivity contribution in [1.29, 1.82) is 0 Å². The van der Waals surface area contributed by atoms with Gasteiger partial charge in [-0.15, -0.1) is 5.10 Å². The van der Waals surface area contributed by atoms with E-state index in [9.17, 15) is 0 Å². The van der Waals surface area contributed by atoms with Crippen LogP contribution in [0.4, 0.5) is 0 Å². The number of aromatic nitrogens is 5. The monoisotopic (exact) mass is 211 g/mol. The van der Waals surface area contributed by atoms with Gasteiger partial charge in [0.2, 0.25) is 0 Å². The van der Waals surface area contributed by atoms with Crippen LogP contribution >= 0.6 is 0 Å². The lowest BCUT2D eigenvalue weighted by atomic mass is 10.2. The van der Waals surface area contributed by atoms with Crippen molar-refractivity contribution in [2.45, 2.75) is 6.54 Å². The van der Waals surface area contributed by atoms with Gasteiger partial charge in [-0.1, -0.05) is 35.5 Å². The molecule has 0 bridgehead atoms. The Bertz CT molecular complexity index is 602. The predicted octanol–water partition coefficient (Wildman–Crippen LogP) is 1.27. The maximum absolute atomic E-state index is 4.16. The minimum absolute atomic E-state index is 0.675. The Morgan fingerprint density at radius 3 is 2.88 bits per heavy atom. The summed E-state index contributed by atoms with van der Waals surface area (Å²) in [7, 11) is 0. The van der Waals surface area contributed by atoms with E-state index in [-0.39, 0.29) is 0 Å². The largest absolute Gasteiger partial charge is 0.242 e. The van der Waals surface area contributed by atoms with Crippen molar-refractivity contribution in [3.8, 4) is 0 Å². The normalized spacial score (nSPS) is 10.8. The van der Waals surface area contributed by atoms with Gasteiger partial charge in [0.25, 0.3) is 0 Å². The van der Waals surface area contributed by atoms with E-state index in [0.717, 1.165) is 11.2 Å². The molecular formula is C11H9N5. The van der Waals surface area contributed by atoms with E-state index >= 15 is 0 Å². The molecule has 0 spiro atoms. The van der Waals surface area contributed by atoms with Crippen molar-refractivity contribution in [2.24, 2.45) is 0 Å². The molecule has 0 unspecified atom stereocenters. The van der Waals surface area contributed by atoms with E-state index in [2.05, 4.69) is 32.4 Å². The van der Waals surface area contributed by atoms with Crippen LogP contribution in [0, 0.1) is 0 Å². The Balaban J connectivity index is 2.01. The van der Waals surface area contributed by atoms with E-state index in [1.807, 2.05) is 18.2 Å². The molecule has 0 saturated heterocycles. The minimum atomic E-state index is 0.675. The average Bonchev–Trinajstić information content (AvgIpc) is 2.74. The van der Waals surface area contributed by atoms with Gasteiger partial charge in [0, 0.05) is 0 Å². The van der Waals surface area contributed by atoms with Crippen LogP contribution < -0.4 is 0 Å². The first-order chi connectivity index (χ1) is 7.93. The average molecular weight is 211 g/mol. The molecular weight excluding hydrogens is 202 g/mol. The minimum Gasteiger partial charge on any atom is -0.242 e. The number of rotatable bonds is 2. The van der Waals surface area contributed by atoms with Gasteiger partial charge in [-0.05, 0) is 5.56 Å². The summed E-state index contributed by atoms with van der Waals surface area (Å²) >= 11 is 0. The third kappa shape index (κ3) is 1.52. The van der Waals surface area contributed by atoms with Crippen LogP contribution in [0.1, 0.15) is 5.56 Å². The zero-order valence-corrected chi connectivity index (χ0v) is 8.48. The van der Waals surface area contributed by atoms with E-state index in [0.29, 0.717) is 6.54 Å². The number of hydrogen-bond acceptors (Lipinski definition) is 4. The number of nitrogens with zero attached hydrogens (tertiary/aromatic N) is 5. The van der Waals surface area contributed by atoms with E-state index in [1.54, 1.807) is 10.9 Å². The van der Waals surface area contributed by atoms with Gasteiger partial charge in [-0.3, -0.25) is 0 Å². The van der Waals surface area contributed by atoms with E-state index in [4.69, 9.17) is 0 Å². The summed E-state index contributed by atoms with van der Waals surface area (Å²) in [6, 6.07) is 10.1. The molecule has 2 aromatic heterocycles. The van der Waals surface area contributed by atoms with Crippen LogP contribution in [0.3, 0.4) is 0 Å². The molecule has 0 N–H and O–H groups in total. The summed E-state index contributed by atoms with van der Waals surface area (Å²) in [5, 5.41) is 8.06. The molecule has 0 aliphatic rings. The van der Waals surface area contributed by atoms with Crippen LogP contribution in [0.2, 0.25) is 0 Å². The summed E-state index contributed by atoms with van der Waals surface area (Å²) in [4.78, 5) is 8.07. The number of fused-ring (bicyclic) bond motifs is 1. The first kappa shape index (κ1) is 8.96. The van der Waals surface area contributed by atoms with Gasteiger partial charge in [0.15, 0.2) is 11.2 Å². The zero-order chi connectivity index (χ0) is 10.8. The summed E-state index contributed by atoms with van der Waals surface area (Å²) in [6.07, 6.45) is 3.17. The third-order valence-corrected chi connectivity index (χ3v) is 2.35. The maximum Gasteiger partial charge on any atom is 0.181 e. The highest BCUT2D eigenvalue weighted by Gasteiger charge is 2.05. The van der Waals surface area contributed by atoms with Crippen LogP contribution in [0.25, 0.3) is 11.2 Å². The van der Waals surface area contributed by atoms with Crippen molar-refractivity contribution in [2.75, 3.05) is 0 Å². The highest BCUT2D eigenvalue weighted by atomic mass is 15.4. The molecule has 16 heavy (non-hydrogen) atoms. The first-order valence-corrected chi connectivity index (χ1v) is 4.96. The lowest BCUT2D eigenvalue weighted by Crippen LogP contribution is -2.02. The van der Waals surface area contributed by atoms with Gasteiger partial charge in [0.1, 0.15) is 6.33 Å². The highest BCUT2D eigenvalue weighted by Crippen LogP contribution is 2.08. The zero-order valence-electron chi connectivity index (χ0n) is 8.48. The van der Waals surface area contributed by atoms with Gasteiger partial charge < -0.3 is 0 Å². The van der Waals surface area contributed by atoms with Crippen LogP contribution in [0.15, 0.2) is 42.9 Å². The molecule has 5 nitrogen and oxygen atoms in total. The van der Waals surface area contributed by atoms with Crippen molar-refractivity contribution < 1.29 is 0 Å². The molecule has 0 radical (unpaired) electrons. The summed E-state index contributed by atoms with van der Waals surface area (Å²) in [5.74, 6) is 0. The number of hydrogen-bond donors (Lipinski definition) is 0. The van der Waals surface area contributed by atoms with Gasteiger partial charge in [-0.25, -0.2) is 14.6 Å². The SMILES string of the molecule is c1ccc(Cn2nnc3cncnc32)cc1. The second-order valence-electron chi connectivity index (χ2n) is 3.46. The molecule has 0 aliphatic heterocycles. The Morgan fingerprint density at radius 1 is 1.12 bits per heavy atom. The molecule has 0 saturated carbocycles. The molecule has 3 rings (SSSR count). The van der Waals surface area contributed by atoms with Crippen molar-refractivity contribution in [3.63, 3.8) is 0 Å². The standard InChI is InChI=1S/C11H9N5/c1-2-4-9(5-3-1)7-16-11-10(14-15-16)6-12-8-13-11/h1-6,8H,7H2. The number of benzene rings is 1. The molecule has 5 heteroatoms. The molecule has 0 atom stereocenters. The highest BCUT2D eigenvalue weighted by molar-refractivity contribution is 5.67. The predicted molar refractivity (Wildman–Crippen MR) is 58.7 cm³/mol. The molecule has 3 aromatic rings. The van der Waals surface area contributed by atoms with Crippen molar-refractivity contribution >= 4 is 11.2 Å². The molecule has 0 amide bonds. The topological polar surface area (TPSA) is 56.5 Å². The maximum atomic E-state index is 4.16. The van der Waals surface area contributed by atoms with Gasteiger partial charge in [-0.2, -0.15) is 0 Å². The molecule has 0 aliphatic carbocycles. The van der Waals surface area contributed by atoms with Crippen molar-refractivity contribution in [1.82, 2.24) is 25.0 Å². The van der Waals surface area contributed by atoms with Gasteiger partial charge in [0.05, 0.1) is 12.7 Å². The van der Waals surface area contributed by atoms with E-state index < -0.39 is 0 Å². The summed E-state index contributed by atoms with van der Waals surface area (Å²) in [6.45, 7) is 0.675. The smallest absolute Gasteiger partial charge is 0.181 e. The Kier molecular flexibility index (Phi) is 2.07. The molecule has 0 fully saturated rings. The third-order valence-electron chi connectivity index (χ3n) is 2.35. The van der Waals surface area contributed by atoms with Crippen LogP contribution in [-0.4, -0.2) is 25.0 Å². The quantitative estimate of drug-likeness (QED) is 0.640. The Labute approximate surface area is 91.8 Å². The summed E-state index contributed by atoms with van der Waals surface area (Å²) in [5.41, 5.74) is 2.66. The Morgan fingerprint density at radius 2 is 2.00 bits per heavy atom. The lowest BCUT2D eigenvalue weighted by molar-refractivity contribution is 0.664. The van der Waals surface area contributed by atoms with Crippen LogP contribution in [0.5, 0.6) is 0 Å². The fraction of sp³-hybridized carbons (Fsp3) is 0.0909. The second kappa shape index (κ2) is 3.69. The first-order valence-electron chi connectivity index (χ1n) is 4.96. The fourth-order valence-corrected chi connectivity index (χ4v) is 1.59. The fourth-order valence-electron chi connectivity index (χ4n) is 1.59. The molecule has 1 aromatic carbocycles. The molecule has 78 valence electrons. The van der Waals surface area contributed by atoms with E-state index in [1.165, 1.54) is 11.9 Å². The lowest BCUT2D eigenvalue weighted by Gasteiger charge is -2.00. The summed E-state index contributed by atoms with van der Waals surface area (Å²) < 4.78 is 1.77. The second-order valence-corrected chi connectivity index (χ2v) is 3.46. The molecule has 2 heterocycles. The van der Waals surface area contributed by atoms with Gasteiger partial charge >= 0.3 is 0 Å².